The Balaban J connectivity index is 2.33. The van der Waals surface area contributed by atoms with Crippen LogP contribution in [-0.4, -0.2) is 21.5 Å². The van der Waals surface area contributed by atoms with Crippen LogP contribution in [0.1, 0.15) is 44.0 Å². The third-order valence-corrected chi connectivity index (χ3v) is 2.97. The van der Waals surface area contributed by atoms with Crippen LogP contribution in [0, 0.1) is 0 Å². The highest BCUT2D eigenvalue weighted by molar-refractivity contribution is 5.20. The second kappa shape index (κ2) is 5.82. The normalized spacial score (nSPS) is 12.8. The van der Waals surface area contributed by atoms with Crippen molar-refractivity contribution >= 4 is 0 Å². The fraction of sp³-hybridized carbons (Fsp3) is 0.538. The second-order valence-corrected chi connectivity index (χ2v) is 4.12. The van der Waals surface area contributed by atoms with Crippen LogP contribution in [0.2, 0.25) is 0 Å². The minimum absolute atomic E-state index is 0.0187. The van der Waals surface area contributed by atoms with Crippen molar-refractivity contribution in [3.63, 3.8) is 0 Å². The van der Waals surface area contributed by atoms with Gasteiger partial charge in [-0.15, -0.1) is 5.10 Å². The van der Waals surface area contributed by atoms with Gasteiger partial charge in [0.15, 0.2) is 0 Å². The van der Waals surface area contributed by atoms with Gasteiger partial charge in [-0.25, -0.2) is 4.68 Å². The van der Waals surface area contributed by atoms with E-state index in [9.17, 15) is 0 Å². The molecule has 18 heavy (non-hydrogen) atoms. The Bertz CT molecular complexity index is 489. The number of aryl methyl sites for hydroxylation is 2. The van der Waals surface area contributed by atoms with Gasteiger partial charge in [0, 0.05) is 13.0 Å². The molecule has 0 spiro atoms. The number of furan rings is 1. The Hall–Kier alpha value is -1.62. The Morgan fingerprint density at radius 3 is 2.78 bits per heavy atom. The van der Waals surface area contributed by atoms with E-state index in [1.807, 2.05) is 16.8 Å². The molecule has 1 unspecified atom stereocenters. The van der Waals surface area contributed by atoms with Crippen LogP contribution in [-0.2, 0) is 13.0 Å². The summed E-state index contributed by atoms with van der Waals surface area (Å²) in [6.07, 6.45) is 2.70. The summed E-state index contributed by atoms with van der Waals surface area (Å²) in [6, 6.07) is 4.07. The van der Waals surface area contributed by atoms with Crippen LogP contribution < -0.4 is 5.32 Å². The maximum Gasteiger partial charge on any atom is 0.127 e. The monoisotopic (exact) mass is 248 g/mol. The van der Waals surface area contributed by atoms with Crippen molar-refractivity contribution in [3.8, 4) is 0 Å². The third kappa shape index (κ3) is 2.46. The van der Waals surface area contributed by atoms with E-state index in [-0.39, 0.29) is 6.04 Å². The molecule has 0 bridgehead atoms. The zero-order valence-corrected chi connectivity index (χ0v) is 11.2. The Morgan fingerprint density at radius 2 is 2.17 bits per heavy atom. The van der Waals surface area contributed by atoms with Crippen molar-refractivity contribution < 1.29 is 4.42 Å². The predicted molar refractivity (Wildman–Crippen MR) is 69.3 cm³/mol. The third-order valence-electron chi connectivity index (χ3n) is 2.97. The molecular weight excluding hydrogens is 228 g/mol. The lowest BCUT2D eigenvalue weighted by molar-refractivity contribution is 0.411. The number of rotatable bonds is 6. The molecule has 5 nitrogen and oxygen atoms in total. The standard InChI is InChI=1S/C13H20N4O/c1-4-10-7-8-12(18-10)13(14-5-2)11-9-15-16-17(11)6-3/h7-9,13-14H,4-6H2,1-3H3. The summed E-state index contributed by atoms with van der Waals surface area (Å²) < 4.78 is 7.73. The first-order valence-electron chi connectivity index (χ1n) is 6.50. The van der Waals surface area contributed by atoms with E-state index in [2.05, 4.69) is 36.4 Å². The lowest BCUT2D eigenvalue weighted by Gasteiger charge is -2.16. The van der Waals surface area contributed by atoms with Crippen LogP contribution in [0.4, 0.5) is 0 Å². The zero-order chi connectivity index (χ0) is 13.0. The van der Waals surface area contributed by atoms with Gasteiger partial charge in [-0.3, -0.25) is 0 Å². The molecule has 2 aromatic rings. The number of hydrogen-bond acceptors (Lipinski definition) is 4. The zero-order valence-electron chi connectivity index (χ0n) is 11.2. The Labute approximate surface area is 107 Å². The van der Waals surface area contributed by atoms with Gasteiger partial charge in [0.2, 0.25) is 0 Å². The number of aromatic nitrogens is 3. The first kappa shape index (κ1) is 12.8. The minimum atomic E-state index is 0.0187. The quantitative estimate of drug-likeness (QED) is 0.851. The molecule has 0 aliphatic carbocycles. The van der Waals surface area contributed by atoms with Crippen molar-refractivity contribution in [1.82, 2.24) is 20.3 Å². The molecule has 0 saturated heterocycles. The number of nitrogens with one attached hydrogen (secondary N) is 1. The molecule has 5 heteroatoms. The fourth-order valence-corrected chi connectivity index (χ4v) is 2.03. The molecule has 1 N–H and O–H groups in total. The summed E-state index contributed by atoms with van der Waals surface area (Å²) in [5.41, 5.74) is 1.04. The van der Waals surface area contributed by atoms with E-state index in [4.69, 9.17) is 4.42 Å². The van der Waals surface area contributed by atoms with Gasteiger partial charge in [-0.05, 0) is 25.6 Å². The van der Waals surface area contributed by atoms with Crippen molar-refractivity contribution in [2.24, 2.45) is 0 Å². The maximum absolute atomic E-state index is 5.84. The minimum Gasteiger partial charge on any atom is -0.464 e. The topological polar surface area (TPSA) is 55.9 Å². The predicted octanol–water partition coefficient (Wildman–Crippen LogP) is 2.15. The summed E-state index contributed by atoms with van der Waals surface area (Å²) in [4.78, 5) is 0. The first-order chi connectivity index (χ1) is 8.80. The van der Waals surface area contributed by atoms with E-state index in [1.54, 1.807) is 6.20 Å². The van der Waals surface area contributed by atoms with Gasteiger partial charge in [0.05, 0.1) is 11.9 Å². The Kier molecular flexibility index (Phi) is 4.15. The fourth-order valence-electron chi connectivity index (χ4n) is 2.03. The number of hydrogen-bond donors (Lipinski definition) is 1. The van der Waals surface area contributed by atoms with E-state index in [1.165, 1.54) is 0 Å². The summed E-state index contributed by atoms with van der Waals surface area (Å²) >= 11 is 0. The van der Waals surface area contributed by atoms with Crippen molar-refractivity contribution in [1.29, 1.82) is 0 Å². The smallest absolute Gasteiger partial charge is 0.127 e. The van der Waals surface area contributed by atoms with Gasteiger partial charge in [-0.2, -0.15) is 0 Å². The van der Waals surface area contributed by atoms with Crippen LogP contribution in [0.5, 0.6) is 0 Å². The molecule has 2 aromatic heterocycles. The first-order valence-corrected chi connectivity index (χ1v) is 6.50. The lowest BCUT2D eigenvalue weighted by atomic mass is 10.1. The van der Waals surface area contributed by atoms with Gasteiger partial charge in [0.25, 0.3) is 0 Å². The molecule has 0 saturated carbocycles. The maximum atomic E-state index is 5.84. The highest BCUT2D eigenvalue weighted by Gasteiger charge is 2.20. The summed E-state index contributed by atoms with van der Waals surface area (Å²) in [5.74, 6) is 1.93. The molecule has 2 heterocycles. The average molecular weight is 248 g/mol. The van der Waals surface area contributed by atoms with Crippen molar-refractivity contribution in [2.45, 2.75) is 39.8 Å². The van der Waals surface area contributed by atoms with Crippen molar-refractivity contribution in [2.75, 3.05) is 6.54 Å². The molecule has 0 aromatic carbocycles. The van der Waals surface area contributed by atoms with Gasteiger partial charge >= 0.3 is 0 Å². The number of nitrogens with zero attached hydrogens (tertiary/aromatic N) is 3. The van der Waals surface area contributed by atoms with Crippen LogP contribution >= 0.6 is 0 Å². The van der Waals surface area contributed by atoms with Gasteiger partial charge in [0.1, 0.15) is 17.6 Å². The summed E-state index contributed by atoms with van der Waals surface area (Å²) in [5, 5.41) is 11.5. The second-order valence-electron chi connectivity index (χ2n) is 4.12. The van der Waals surface area contributed by atoms with Crippen LogP contribution in [0.25, 0.3) is 0 Å². The highest BCUT2D eigenvalue weighted by Crippen LogP contribution is 2.23. The molecular formula is C13H20N4O. The molecule has 1 atom stereocenters. The van der Waals surface area contributed by atoms with E-state index in [0.717, 1.165) is 36.7 Å². The van der Waals surface area contributed by atoms with E-state index in [0.29, 0.717) is 0 Å². The Morgan fingerprint density at radius 1 is 1.33 bits per heavy atom. The summed E-state index contributed by atoms with van der Waals surface area (Å²) in [6.45, 7) is 7.89. The SMILES string of the molecule is CCNC(c1ccc(CC)o1)c1cnnn1CC. The largest absolute Gasteiger partial charge is 0.464 e. The molecule has 0 radical (unpaired) electrons. The lowest BCUT2D eigenvalue weighted by Crippen LogP contribution is -2.24. The molecule has 0 aliphatic heterocycles. The van der Waals surface area contributed by atoms with Crippen molar-refractivity contribution in [3.05, 3.63) is 35.5 Å². The molecule has 0 amide bonds. The molecule has 2 rings (SSSR count). The van der Waals surface area contributed by atoms with Crippen LogP contribution in [0.15, 0.2) is 22.7 Å². The van der Waals surface area contributed by atoms with E-state index >= 15 is 0 Å². The van der Waals surface area contributed by atoms with Gasteiger partial charge in [-0.1, -0.05) is 19.1 Å². The molecule has 0 fully saturated rings. The summed E-state index contributed by atoms with van der Waals surface area (Å²) in [7, 11) is 0. The van der Waals surface area contributed by atoms with Crippen LogP contribution in [0.3, 0.4) is 0 Å². The average Bonchev–Trinajstić information content (AvgIpc) is 3.04. The van der Waals surface area contributed by atoms with Gasteiger partial charge < -0.3 is 9.73 Å². The van der Waals surface area contributed by atoms with E-state index < -0.39 is 0 Å². The highest BCUT2D eigenvalue weighted by atomic mass is 16.3. The molecule has 98 valence electrons. The molecule has 0 aliphatic rings.